The molecule has 0 fully saturated rings. The van der Waals surface area contributed by atoms with Crippen molar-refractivity contribution in [2.45, 2.75) is 6.92 Å². The third-order valence-corrected chi connectivity index (χ3v) is 1.84. The van der Waals surface area contributed by atoms with Crippen LogP contribution in [0.25, 0.3) is 0 Å². The molecule has 2 N–H and O–H groups in total. The fourth-order valence-electron chi connectivity index (χ4n) is 1.01. The van der Waals surface area contributed by atoms with Crippen LogP contribution in [0, 0.1) is 18.3 Å². The van der Waals surface area contributed by atoms with E-state index in [0.29, 0.717) is 11.3 Å². The zero-order chi connectivity index (χ0) is 10.6. The van der Waals surface area contributed by atoms with E-state index in [4.69, 9.17) is 5.26 Å². The van der Waals surface area contributed by atoms with Gasteiger partial charge >= 0.3 is 6.03 Å². The van der Waals surface area contributed by atoms with Crippen LogP contribution < -0.4 is 10.6 Å². The Hall–Kier alpha value is -2.02. The number of nitrogens with zero attached hydrogens (tertiary/aromatic N) is 1. The Labute approximate surface area is 82.5 Å². The first-order valence-electron chi connectivity index (χ1n) is 4.17. The van der Waals surface area contributed by atoms with Crippen LogP contribution >= 0.6 is 0 Å². The van der Waals surface area contributed by atoms with Gasteiger partial charge in [0, 0.05) is 12.7 Å². The Kier molecular flexibility index (Phi) is 3.08. The maximum Gasteiger partial charge on any atom is 0.318 e. The molecule has 14 heavy (non-hydrogen) atoms. The molecule has 0 saturated heterocycles. The summed E-state index contributed by atoms with van der Waals surface area (Å²) in [5.74, 6) is 0. The molecule has 4 nitrogen and oxygen atoms in total. The lowest BCUT2D eigenvalue weighted by Gasteiger charge is -2.07. The van der Waals surface area contributed by atoms with Crippen LogP contribution in [0.2, 0.25) is 0 Å². The number of nitriles is 1. The van der Waals surface area contributed by atoms with E-state index in [2.05, 4.69) is 10.6 Å². The predicted molar refractivity (Wildman–Crippen MR) is 54.0 cm³/mol. The van der Waals surface area contributed by atoms with Crippen LogP contribution in [0.1, 0.15) is 11.1 Å². The van der Waals surface area contributed by atoms with Gasteiger partial charge in [-0.25, -0.2) is 4.79 Å². The molecule has 0 spiro atoms. The topological polar surface area (TPSA) is 64.9 Å². The fraction of sp³-hybridized carbons (Fsp3) is 0.200. The SMILES string of the molecule is CNC(=O)Nc1cc(C#N)ccc1C. The van der Waals surface area contributed by atoms with Crippen LogP contribution in [0.3, 0.4) is 0 Å². The highest BCUT2D eigenvalue weighted by atomic mass is 16.2. The zero-order valence-corrected chi connectivity index (χ0v) is 8.09. The molecule has 0 aromatic heterocycles. The molecule has 2 amide bonds. The van der Waals surface area contributed by atoms with E-state index < -0.39 is 0 Å². The number of rotatable bonds is 1. The Morgan fingerprint density at radius 2 is 2.21 bits per heavy atom. The van der Waals surface area contributed by atoms with Gasteiger partial charge in [0.1, 0.15) is 0 Å². The van der Waals surface area contributed by atoms with Crippen LogP contribution in [0.5, 0.6) is 0 Å². The predicted octanol–water partition coefficient (Wildman–Crippen LogP) is 1.62. The highest BCUT2D eigenvalue weighted by Gasteiger charge is 2.02. The van der Waals surface area contributed by atoms with Crippen LogP contribution in [-0.4, -0.2) is 13.1 Å². The highest BCUT2D eigenvalue weighted by Crippen LogP contribution is 2.15. The zero-order valence-electron chi connectivity index (χ0n) is 8.09. The standard InChI is InChI=1S/C10H11N3O/c1-7-3-4-8(6-11)5-9(7)13-10(14)12-2/h3-5H,1-2H3,(H2,12,13,14). The number of hydrogen-bond acceptors (Lipinski definition) is 2. The third kappa shape index (κ3) is 2.23. The summed E-state index contributed by atoms with van der Waals surface area (Å²) in [6.45, 7) is 1.87. The third-order valence-electron chi connectivity index (χ3n) is 1.84. The maximum atomic E-state index is 11.0. The number of benzene rings is 1. The molecular formula is C10H11N3O. The second-order valence-corrected chi connectivity index (χ2v) is 2.85. The lowest BCUT2D eigenvalue weighted by molar-refractivity contribution is 0.254. The Balaban J connectivity index is 2.96. The van der Waals surface area contributed by atoms with Gasteiger partial charge in [0.2, 0.25) is 0 Å². The second-order valence-electron chi connectivity index (χ2n) is 2.85. The number of aryl methyl sites for hydroxylation is 1. The molecule has 0 heterocycles. The monoisotopic (exact) mass is 189 g/mol. The Bertz CT molecular complexity index is 393. The number of nitrogens with one attached hydrogen (secondary N) is 2. The van der Waals surface area contributed by atoms with Crippen LogP contribution in [-0.2, 0) is 0 Å². The van der Waals surface area contributed by atoms with Gasteiger partial charge in [-0.1, -0.05) is 6.07 Å². The number of amides is 2. The summed E-state index contributed by atoms with van der Waals surface area (Å²) in [4.78, 5) is 11.0. The Morgan fingerprint density at radius 1 is 1.50 bits per heavy atom. The van der Waals surface area contributed by atoms with Crippen molar-refractivity contribution in [2.75, 3.05) is 12.4 Å². The summed E-state index contributed by atoms with van der Waals surface area (Å²) in [7, 11) is 1.54. The van der Waals surface area contributed by atoms with Crippen molar-refractivity contribution >= 4 is 11.7 Å². The first-order valence-corrected chi connectivity index (χ1v) is 4.17. The molecule has 72 valence electrons. The smallest absolute Gasteiger partial charge is 0.318 e. The molecule has 0 aliphatic heterocycles. The molecule has 1 aromatic carbocycles. The van der Waals surface area contributed by atoms with Crippen molar-refractivity contribution in [3.63, 3.8) is 0 Å². The minimum atomic E-state index is -0.289. The van der Waals surface area contributed by atoms with Crippen LogP contribution in [0.4, 0.5) is 10.5 Å². The van der Waals surface area contributed by atoms with E-state index in [1.807, 2.05) is 13.0 Å². The summed E-state index contributed by atoms with van der Waals surface area (Å²) in [6, 6.07) is 6.88. The van der Waals surface area contributed by atoms with Crippen molar-refractivity contribution in [3.8, 4) is 6.07 Å². The first-order chi connectivity index (χ1) is 6.67. The van der Waals surface area contributed by atoms with Gasteiger partial charge in [-0.3, -0.25) is 0 Å². The van der Waals surface area contributed by atoms with E-state index in [1.54, 1.807) is 25.2 Å². The van der Waals surface area contributed by atoms with Gasteiger partial charge < -0.3 is 10.6 Å². The quantitative estimate of drug-likeness (QED) is 0.705. The summed E-state index contributed by atoms with van der Waals surface area (Å²) < 4.78 is 0. The number of carbonyl (C=O) groups excluding carboxylic acids is 1. The summed E-state index contributed by atoms with van der Waals surface area (Å²) in [5, 5.41) is 13.7. The first kappa shape index (κ1) is 10.1. The van der Waals surface area contributed by atoms with Gasteiger partial charge in [-0.05, 0) is 24.6 Å². The van der Waals surface area contributed by atoms with Gasteiger partial charge in [-0.15, -0.1) is 0 Å². The molecule has 0 saturated carbocycles. The maximum absolute atomic E-state index is 11.0. The van der Waals surface area contributed by atoms with E-state index in [-0.39, 0.29) is 6.03 Å². The number of hydrogen-bond donors (Lipinski definition) is 2. The molecule has 1 rings (SSSR count). The highest BCUT2D eigenvalue weighted by molar-refractivity contribution is 5.90. The van der Waals surface area contributed by atoms with Gasteiger partial charge in [0.25, 0.3) is 0 Å². The van der Waals surface area contributed by atoms with E-state index in [9.17, 15) is 4.79 Å². The molecule has 4 heteroatoms. The number of anilines is 1. The van der Waals surface area contributed by atoms with Gasteiger partial charge in [-0.2, -0.15) is 5.26 Å². The number of urea groups is 1. The van der Waals surface area contributed by atoms with Gasteiger partial charge in [0.05, 0.1) is 11.6 Å². The average molecular weight is 189 g/mol. The van der Waals surface area contributed by atoms with Crippen LogP contribution in [0.15, 0.2) is 18.2 Å². The van der Waals surface area contributed by atoms with Crippen molar-refractivity contribution < 1.29 is 4.79 Å². The second kappa shape index (κ2) is 4.28. The number of carbonyl (C=O) groups is 1. The molecule has 0 aliphatic rings. The van der Waals surface area contributed by atoms with E-state index in [0.717, 1.165) is 5.56 Å². The molecule has 0 atom stereocenters. The Morgan fingerprint density at radius 3 is 2.79 bits per heavy atom. The lowest BCUT2D eigenvalue weighted by Crippen LogP contribution is -2.24. The average Bonchev–Trinajstić information content (AvgIpc) is 2.21. The molecule has 0 unspecified atom stereocenters. The van der Waals surface area contributed by atoms with Gasteiger partial charge in [0.15, 0.2) is 0 Å². The summed E-state index contributed by atoms with van der Waals surface area (Å²) >= 11 is 0. The van der Waals surface area contributed by atoms with E-state index in [1.165, 1.54) is 0 Å². The van der Waals surface area contributed by atoms with Crippen molar-refractivity contribution in [1.29, 1.82) is 5.26 Å². The minimum Gasteiger partial charge on any atom is -0.341 e. The molecule has 0 aliphatic carbocycles. The molecule has 0 radical (unpaired) electrons. The van der Waals surface area contributed by atoms with Crippen molar-refractivity contribution in [1.82, 2.24) is 5.32 Å². The normalized spacial score (nSPS) is 8.93. The molecular weight excluding hydrogens is 178 g/mol. The lowest BCUT2D eigenvalue weighted by atomic mass is 10.1. The fourth-order valence-corrected chi connectivity index (χ4v) is 1.01. The van der Waals surface area contributed by atoms with Crippen molar-refractivity contribution in [2.24, 2.45) is 0 Å². The molecule has 1 aromatic rings. The molecule has 0 bridgehead atoms. The van der Waals surface area contributed by atoms with E-state index >= 15 is 0 Å². The minimum absolute atomic E-state index is 0.289. The van der Waals surface area contributed by atoms with Crippen molar-refractivity contribution in [3.05, 3.63) is 29.3 Å². The summed E-state index contributed by atoms with van der Waals surface area (Å²) in [6.07, 6.45) is 0. The largest absolute Gasteiger partial charge is 0.341 e. The summed E-state index contributed by atoms with van der Waals surface area (Å²) in [5.41, 5.74) is 2.11.